The number of hydrogen-bond donors (Lipinski definition) is 1. The fourth-order valence-electron chi connectivity index (χ4n) is 4.88. The van der Waals surface area contributed by atoms with E-state index >= 15 is 0 Å². The Labute approximate surface area is 230 Å². The maximum atomic E-state index is 13.0. The Hall–Kier alpha value is -4.38. The zero-order valence-electron chi connectivity index (χ0n) is 22.6. The average molecular weight is 518 g/mol. The second kappa shape index (κ2) is 12.4. The number of hydrogen-bond acceptors (Lipinski definition) is 3. The molecule has 5 rings (SSSR count). The molecule has 0 fully saturated rings. The van der Waals surface area contributed by atoms with Crippen LogP contribution in [0.2, 0.25) is 0 Å². The summed E-state index contributed by atoms with van der Waals surface area (Å²) >= 11 is 0. The second-order valence-electron chi connectivity index (χ2n) is 9.84. The van der Waals surface area contributed by atoms with Gasteiger partial charge in [0, 0.05) is 6.54 Å². The lowest BCUT2D eigenvalue weighted by molar-refractivity contribution is -0.121. The van der Waals surface area contributed by atoms with Crippen LogP contribution in [0.3, 0.4) is 0 Å². The summed E-state index contributed by atoms with van der Waals surface area (Å²) in [5.41, 5.74) is 6.59. The normalized spacial score (nSPS) is 11.8. The number of aromatic nitrogens is 2. The van der Waals surface area contributed by atoms with Crippen LogP contribution >= 0.6 is 0 Å². The lowest BCUT2D eigenvalue weighted by atomic mass is 10.0. The van der Waals surface area contributed by atoms with Crippen molar-refractivity contribution < 1.29 is 9.53 Å². The summed E-state index contributed by atoms with van der Waals surface area (Å²) in [5, 5.41) is 3.17. The number of imidazole rings is 1. The molecule has 4 aromatic carbocycles. The molecule has 0 saturated carbocycles. The molecule has 0 aliphatic heterocycles. The third kappa shape index (κ3) is 6.55. The molecule has 1 amide bonds. The molecule has 0 saturated heterocycles. The molecule has 0 spiro atoms. The van der Waals surface area contributed by atoms with Crippen molar-refractivity contribution in [1.82, 2.24) is 14.9 Å². The van der Waals surface area contributed by atoms with Crippen LogP contribution in [0.1, 0.15) is 43.3 Å². The zero-order valence-corrected chi connectivity index (χ0v) is 22.6. The number of nitrogens with one attached hydrogen (secondary N) is 1. The van der Waals surface area contributed by atoms with Crippen molar-refractivity contribution in [2.24, 2.45) is 0 Å². The van der Waals surface area contributed by atoms with Gasteiger partial charge in [-0.25, -0.2) is 4.98 Å². The third-order valence-corrected chi connectivity index (χ3v) is 7.00. The highest BCUT2D eigenvalue weighted by atomic mass is 16.5. The lowest BCUT2D eigenvalue weighted by Crippen LogP contribution is -2.30. The molecular weight excluding hydrogens is 482 g/mol. The molecule has 1 unspecified atom stereocenters. The Morgan fingerprint density at radius 3 is 2.26 bits per heavy atom. The molecule has 1 heterocycles. The summed E-state index contributed by atoms with van der Waals surface area (Å²) in [6.07, 6.45) is 2.17. The highest BCUT2D eigenvalue weighted by Crippen LogP contribution is 2.23. The van der Waals surface area contributed by atoms with Gasteiger partial charge in [-0.3, -0.25) is 4.79 Å². The van der Waals surface area contributed by atoms with Crippen LogP contribution in [0, 0.1) is 0 Å². The highest BCUT2D eigenvalue weighted by Gasteiger charge is 2.18. The van der Waals surface area contributed by atoms with E-state index in [1.54, 1.807) is 0 Å². The maximum Gasteiger partial charge on any atom is 0.224 e. The molecule has 5 nitrogen and oxygen atoms in total. The fraction of sp³-hybridized carbons (Fsp3) is 0.235. The van der Waals surface area contributed by atoms with Crippen molar-refractivity contribution in [3.8, 4) is 16.9 Å². The van der Waals surface area contributed by atoms with Gasteiger partial charge in [-0.2, -0.15) is 0 Å². The number of carbonyl (C=O) groups excluding carboxylic acids is 1. The molecule has 1 N–H and O–H groups in total. The van der Waals surface area contributed by atoms with Crippen LogP contribution in [0.15, 0.2) is 103 Å². The van der Waals surface area contributed by atoms with Crippen LogP contribution in [-0.4, -0.2) is 22.1 Å². The summed E-state index contributed by atoms with van der Waals surface area (Å²) in [6, 6.07) is 34.6. The van der Waals surface area contributed by atoms with Crippen molar-refractivity contribution in [3.05, 3.63) is 120 Å². The van der Waals surface area contributed by atoms with Gasteiger partial charge in [-0.1, -0.05) is 85.8 Å². The molecule has 1 aromatic heterocycles. The van der Waals surface area contributed by atoms with Crippen LogP contribution in [-0.2, 0) is 24.2 Å². The van der Waals surface area contributed by atoms with Crippen LogP contribution in [0.25, 0.3) is 22.2 Å². The number of carbonyl (C=O) groups is 1. The lowest BCUT2D eigenvalue weighted by Gasteiger charge is -2.17. The van der Waals surface area contributed by atoms with E-state index in [-0.39, 0.29) is 11.9 Å². The minimum Gasteiger partial charge on any atom is -0.494 e. The summed E-state index contributed by atoms with van der Waals surface area (Å²) in [6.45, 7) is 5.51. The Morgan fingerprint density at radius 2 is 1.51 bits per heavy atom. The van der Waals surface area contributed by atoms with Gasteiger partial charge in [-0.15, -0.1) is 0 Å². The molecule has 0 aliphatic carbocycles. The largest absolute Gasteiger partial charge is 0.494 e. The van der Waals surface area contributed by atoms with Gasteiger partial charge in [0.2, 0.25) is 5.91 Å². The van der Waals surface area contributed by atoms with Crippen molar-refractivity contribution in [2.75, 3.05) is 6.61 Å². The van der Waals surface area contributed by atoms with Gasteiger partial charge in [0.15, 0.2) is 0 Å². The number of rotatable bonds is 11. The average Bonchev–Trinajstić information content (AvgIpc) is 3.35. The predicted octanol–water partition coefficient (Wildman–Crippen LogP) is 7.15. The summed E-state index contributed by atoms with van der Waals surface area (Å²) in [4.78, 5) is 17.9. The van der Waals surface area contributed by atoms with E-state index in [1.807, 2.05) is 67.6 Å². The quantitative estimate of drug-likeness (QED) is 0.189. The van der Waals surface area contributed by atoms with Crippen molar-refractivity contribution in [1.29, 1.82) is 0 Å². The van der Waals surface area contributed by atoms with E-state index in [4.69, 9.17) is 9.72 Å². The van der Waals surface area contributed by atoms with E-state index in [1.165, 1.54) is 11.1 Å². The first-order valence-electron chi connectivity index (χ1n) is 13.7. The number of aryl methyl sites for hydroxylation is 2. The number of nitrogens with zero attached hydrogens (tertiary/aromatic N) is 2. The van der Waals surface area contributed by atoms with Crippen LogP contribution in [0.4, 0.5) is 0 Å². The second-order valence-corrected chi connectivity index (χ2v) is 9.84. The zero-order chi connectivity index (χ0) is 27.0. The number of para-hydroxylation sites is 2. The Morgan fingerprint density at radius 1 is 0.846 bits per heavy atom. The fourth-order valence-corrected chi connectivity index (χ4v) is 4.88. The molecule has 39 heavy (non-hydrogen) atoms. The van der Waals surface area contributed by atoms with Crippen molar-refractivity contribution in [2.45, 2.75) is 45.7 Å². The van der Waals surface area contributed by atoms with Gasteiger partial charge < -0.3 is 14.6 Å². The molecule has 0 radical (unpaired) electrons. The molecule has 0 aliphatic rings. The van der Waals surface area contributed by atoms with Gasteiger partial charge in [0.1, 0.15) is 11.6 Å². The van der Waals surface area contributed by atoms with E-state index in [0.717, 1.165) is 53.1 Å². The number of fused-ring (bicyclic) bond motifs is 1. The molecule has 1 atom stereocenters. The molecule has 198 valence electrons. The van der Waals surface area contributed by atoms with Gasteiger partial charge in [0.05, 0.1) is 30.1 Å². The third-order valence-electron chi connectivity index (χ3n) is 7.00. The van der Waals surface area contributed by atoms with Gasteiger partial charge in [0.25, 0.3) is 0 Å². The SMILES string of the molecule is CCc1ccc(OCCCn2c(C(C)NC(=O)Cc3ccc(-c4ccccc4)cc3)nc3ccccc32)cc1. The van der Waals surface area contributed by atoms with E-state index < -0.39 is 0 Å². The Balaban J connectivity index is 1.21. The topological polar surface area (TPSA) is 56.1 Å². The standard InChI is InChI=1S/C34H35N3O2/c1-3-26-16-20-30(21-17-26)39-23-9-22-37-32-13-8-7-12-31(32)36-34(37)25(2)35-33(38)24-27-14-18-29(19-15-27)28-10-5-4-6-11-28/h4-8,10-21,25H,3,9,22-24H2,1-2H3,(H,35,38). The highest BCUT2D eigenvalue weighted by molar-refractivity contribution is 5.80. The number of ether oxygens (including phenoxy) is 1. The molecule has 5 aromatic rings. The van der Waals surface area contributed by atoms with E-state index in [0.29, 0.717) is 13.0 Å². The van der Waals surface area contributed by atoms with E-state index in [9.17, 15) is 4.79 Å². The monoisotopic (exact) mass is 517 g/mol. The molecular formula is C34H35N3O2. The van der Waals surface area contributed by atoms with Crippen LogP contribution in [0.5, 0.6) is 5.75 Å². The first kappa shape index (κ1) is 26.2. The Kier molecular flexibility index (Phi) is 8.37. The Bertz CT molecular complexity index is 1510. The first-order chi connectivity index (χ1) is 19.1. The number of amides is 1. The summed E-state index contributed by atoms with van der Waals surface area (Å²) in [7, 11) is 0. The minimum atomic E-state index is -0.226. The van der Waals surface area contributed by atoms with Gasteiger partial charge >= 0.3 is 0 Å². The first-order valence-corrected chi connectivity index (χ1v) is 13.7. The molecule has 5 heteroatoms. The predicted molar refractivity (Wildman–Crippen MR) is 158 cm³/mol. The molecule has 0 bridgehead atoms. The summed E-state index contributed by atoms with van der Waals surface area (Å²) in [5.74, 6) is 1.73. The van der Waals surface area contributed by atoms with Crippen molar-refractivity contribution in [3.63, 3.8) is 0 Å². The van der Waals surface area contributed by atoms with Crippen LogP contribution < -0.4 is 10.1 Å². The maximum absolute atomic E-state index is 13.0. The summed E-state index contributed by atoms with van der Waals surface area (Å²) < 4.78 is 8.19. The van der Waals surface area contributed by atoms with E-state index in [2.05, 4.69) is 59.3 Å². The van der Waals surface area contributed by atoms with Crippen molar-refractivity contribution >= 4 is 16.9 Å². The smallest absolute Gasteiger partial charge is 0.224 e. The minimum absolute atomic E-state index is 0.0209. The van der Waals surface area contributed by atoms with Gasteiger partial charge in [-0.05, 0) is 66.3 Å². The number of benzene rings is 4.